The minimum absolute atomic E-state index is 0.0267. The molecule has 0 aliphatic carbocycles. The molecule has 2 N–H and O–H groups in total. The van der Waals surface area contributed by atoms with Gasteiger partial charge in [-0.05, 0) is 73.0 Å². The maximum atomic E-state index is 12.8. The molecular formula is C26H24BrNO4. The van der Waals surface area contributed by atoms with Crippen LogP contribution in [0.4, 0.5) is 5.69 Å². The highest BCUT2D eigenvalue weighted by atomic mass is 79.9. The number of benzene rings is 3. The fraction of sp³-hybridized carbons (Fsp3) is 0.231. The number of halogens is 1. The number of carbonyl (C=O) groups is 2. The molecule has 1 unspecified atom stereocenters. The monoisotopic (exact) mass is 493 g/mol. The molecule has 3 aromatic carbocycles. The zero-order chi connectivity index (χ0) is 23.0. The first kappa shape index (κ1) is 22.1. The van der Waals surface area contributed by atoms with Gasteiger partial charge in [-0.3, -0.25) is 0 Å². The molecule has 3 aromatic rings. The van der Waals surface area contributed by atoms with Crippen LogP contribution in [-0.4, -0.2) is 17.5 Å². The Balaban J connectivity index is 1.70. The van der Waals surface area contributed by atoms with Crippen molar-refractivity contribution < 1.29 is 19.1 Å². The predicted octanol–water partition coefficient (Wildman–Crippen LogP) is 6.03. The molecule has 0 saturated heterocycles. The lowest BCUT2D eigenvalue weighted by Crippen LogP contribution is -2.35. The maximum absolute atomic E-state index is 12.8. The molecule has 32 heavy (non-hydrogen) atoms. The van der Waals surface area contributed by atoms with Crippen molar-refractivity contribution >= 4 is 33.6 Å². The Hall–Kier alpha value is -3.12. The van der Waals surface area contributed by atoms with Gasteiger partial charge in [-0.15, -0.1) is 0 Å². The molecule has 4 rings (SSSR count). The van der Waals surface area contributed by atoms with Crippen molar-refractivity contribution in [2.45, 2.75) is 38.7 Å². The summed E-state index contributed by atoms with van der Waals surface area (Å²) in [5.74, 6) is -0.801. The van der Waals surface area contributed by atoms with Gasteiger partial charge in [-0.1, -0.05) is 42.0 Å². The first-order chi connectivity index (χ1) is 15.1. The fourth-order valence-corrected chi connectivity index (χ4v) is 4.55. The van der Waals surface area contributed by atoms with Crippen LogP contribution in [-0.2, 0) is 4.74 Å². The zero-order valence-corrected chi connectivity index (χ0v) is 19.7. The second kappa shape index (κ2) is 8.43. The van der Waals surface area contributed by atoms with Crippen molar-refractivity contribution in [1.29, 1.82) is 0 Å². The second-order valence-electron chi connectivity index (χ2n) is 8.67. The van der Waals surface area contributed by atoms with Crippen LogP contribution in [0.2, 0.25) is 0 Å². The number of esters is 2. The highest BCUT2D eigenvalue weighted by molar-refractivity contribution is 9.10. The summed E-state index contributed by atoms with van der Waals surface area (Å²) in [6.45, 7) is 6.15. The Morgan fingerprint density at radius 2 is 1.75 bits per heavy atom. The summed E-state index contributed by atoms with van der Waals surface area (Å²) in [4.78, 5) is 25.3. The van der Waals surface area contributed by atoms with Crippen molar-refractivity contribution in [2.75, 3.05) is 5.73 Å². The number of rotatable bonds is 3. The van der Waals surface area contributed by atoms with Crippen molar-refractivity contribution in [3.63, 3.8) is 0 Å². The molecule has 0 radical (unpaired) electrons. The zero-order valence-electron chi connectivity index (χ0n) is 18.1. The van der Waals surface area contributed by atoms with Gasteiger partial charge >= 0.3 is 11.9 Å². The molecule has 164 valence electrons. The Morgan fingerprint density at radius 3 is 2.44 bits per heavy atom. The summed E-state index contributed by atoms with van der Waals surface area (Å²) < 4.78 is 12.0. The number of para-hydroxylation sites is 1. The minimum Gasteiger partial charge on any atom is -0.486 e. The lowest BCUT2D eigenvalue weighted by Gasteiger charge is -2.38. The molecule has 0 fully saturated rings. The summed E-state index contributed by atoms with van der Waals surface area (Å²) in [5, 5.41) is 0. The van der Waals surface area contributed by atoms with Crippen LogP contribution in [0, 0.1) is 6.92 Å². The van der Waals surface area contributed by atoms with Gasteiger partial charge in [0, 0.05) is 17.2 Å². The lowest BCUT2D eigenvalue weighted by molar-refractivity contribution is 0.0398. The van der Waals surface area contributed by atoms with Gasteiger partial charge in [-0.25, -0.2) is 9.59 Å². The number of anilines is 1. The van der Waals surface area contributed by atoms with Gasteiger partial charge in [0.15, 0.2) is 0 Å². The summed E-state index contributed by atoms with van der Waals surface area (Å²) in [6.07, 6.45) is 0.744. The standard InChI is InChI=1S/C26H24BrNO4/c1-15-8-10-16(11-9-15)20-14-26(2,3)32-23-19(20)12-17(13-21(23)27)24(29)31-25(30)18-6-4-5-7-22(18)28/h4-13,20H,14,28H2,1-3H3. The van der Waals surface area contributed by atoms with Gasteiger partial charge in [0.25, 0.3) is 0 Å². The number of ether oxygens (including phenoxy) is 2. The van der Waals surface area contributed by atoms with Gasteiger partial charge in [0.05, 0.1) is 15.6 Å². The Kier molecular flexibility index (Phi) is 5.82. The van der Waals surface area contributed by atoms with Crippen molar-refractivity contribution in [2.24, 2.45) is 0 Å². The number of fused-ring (bicyclic) bond motifs is 1. The molecular weight excluding hydrogens is 470 g/mol. The molecule has 1 aliphatic heterocycles. The van der Waals surface area contributed by atoms with E-state index in [1.807, 2.05) is 6.92 Å². The molecule has 0 saturated carbocycles. The largest absolute Gasteiger partial charge is 0.486 e. The van der Waals surface area contributed by atoms with Gasteiger partial charge < -0.3 is 15.2 Å². The van der Waals surface area contributed by atoms with Crippen LogP contribution < -0.4 is 10.5 Å². The minimum atomic E-state index is -0.783. The molecule has 0 bridgehead atoms. The van der Waals surface area contributed by atoms with Crippen LogP contribution in [0.15, 0.2) is 65.1 Å². The SMILES string of the molecule is Cc1ccc(C2CC(C)(C)Oc3c(Br)cc(C(=O)OC(=O)c4ccccc4N)cc32)cc1. The van der Waals surface area contributed by atoms with Crippen LogP contribution in [0.25, 0.3) is 0 Å². The highest BCUT2D eigenvalue weighted by Gasteiger charge is 2.36. The quantitative estimate of drug-likeness (QED) is 0.273. The number of nitrogens with two attached hydrogens (primary N) is 1. The van der Waals surface area contributed by atoms with Gasteiger partial charge in [0.2, 0.25) is 0 Å². The number of hydrogen-bond acceptors (Lipinski definition) is 5. The van der Waals surface area contributed by atoms with E-state index in [-0.39, 0.29) is 28.3 Å². The highest BCUT2D eigenvalue weighted by Crippen LogP contribution is 2.48. The number of aryl methyl sites for hydroxylation is 1. The van der Waals surface area contributed by atoms with E-state index < -0.39 is 11.9 Å². The van der Waals surface area contributed by atoms with Crippen molar-refractivity contribution in [1.82, 2.24) is 0 Å². The van der Waals surface area contributed by atoms with Gasteiger partial charge in [0.1, 0.15) is 11.4 Å². The van der Waals surface area contributed by atoms with Crippen LogP contribution >= 0.6 is 15.9 Å². The maximum Gasteiger partial charge on any atom is 0.348 e. The smallest absolute Gasteiger partial charge is 0.348 e. The first-order valence-electron chi connectivity index (χ1n) is 10.3. The van der Waals surface area contributed by atoms with E-state index in [9.17, 15) is 9.59 Å². The summed E-state index contributed by atoms with van der Waals surface area (Å²) in [6, 6.07) is 18.2. The molecule has 0 aromatic heterocycles. The van der Waals surface area contributed by atoms with Crippen molar-refractivity contribution in [3.8, 4) is 5.75 Å². The first-order valence-corrected chi connectivity index (χ1v) is 11.1. The lowest BCUT2D eigenvalue weighted by atomic mass is 9.79. The van der Waals surface area contributed by atoms with E-state index in [1.165, 1.54) is 11.6 Å². The third kappa shape index (κ3) is 4.41. The van der Waals surface area contributed by atoms with E-state index in [1.54, 1.807) is 30.3 Å². The Labute approximate surface area is 195 Å². The molecule has 0 spiro atoms. The molecule has 0 amide bonds. The number of hydrogen-bond donors (Lipinski definition) is 1. The average molecular weight is 494 g/mol. The van der Waals surface area contributed by atoms with Crippen LogP contribution in [0.3, 0.4) is 0 Å². The summed E-state index contributed by atoms with van der Waals surface area (Å²) >= 11 is 3.55. The third-order valence-corrected chi connectivity index (χ3v) is 6.19. The van der Waals surface area contributed by atoms with E-state index in [0.717, 1.165) is 17.5 Å². The van der Waals surface area contributed by atoms with Crippen LogP contribution in [0.1, 0.15) is 63.6 Å². The second-order valence-corrected chi connectivity index (χ2v) is 9.52. The fourth-order valence-electron chi connectivity index (χ4n) is 4.00. The molecule has 1 atom stereocenters. The van der Waals surface area contributed by atoms with Gasteiger partial charge in [-0.2, -0.15) is 0 Å². The van der Waals surface area contributed by atoms with E-state index in [2.05, 4.69) is 54.0 Å². The molecule has 5 nitrogen and oxygen atoms in total. The third-order valence-electron chi connectivity index (χ3n) is 5.60. The number of carbonyl (C=O) groups excluding carboxylic acids is 2. The van der Waals surface area contributed by atoms with Crippen LogP contribution in [0.5, 0.6) is 5.75 Å². The Bertz CT molecular complexity index is 1200. The molecule has 6 heteroatoms. The predicted molar refractivity (Wildman–Crippen MR) is 127 cm³/mol. The average Bonchev–Trinajstić information content (AvgIpc) is 2.74. The topological polar surface area (TPSA) is 78.6 Å². The number of nitrogen functional groups attached to an aromatic ring is 1. The Morgan fingerprint density at radius 1 is 1.06 bits per heavy atom. The van der Waals surface area contributed by atoms with E-state index >= 15 is 0 Å². The van der Waals surface area contributed by atoms with Crippen molar-refractivity contribution in [3.05, 3.63) is 93.0 Å². The van der Waals surface area contributed by atoms with E-state index in [0.29, 0.717) is 10.2 Å². The normalized spacial score (nSPS) is 16.6. The summed E-state index contributed by atoms with van der Waals surface area (Å²) in [5.41, 5.74) is 9.32. The van der Waals surface area contributed by atoms with E-state index in [4.69, 9.17) is 15.2 Å². The molecule has 1 aliphatic rings. The summed E-state index contributed by atoms with van der Waals surface area (Å²) in [7, 11) is 0. The molecule has 1 heterocycles.